The van der Waals surface area contributed by atoms with Crippen molar-refractivity contribution in [2.24, 2.45) is 7.05 Å². The Balaban J connectivity index is 1.85. The number of carbonyl (C=O) groups is 2. The molecule has 24 heavy (non-hydrogen) atoms. The second-order valence-corrected chi connectivity index (χ2v) is 5.65. The zero-order valence-electron chi connectivity index (χ0n) is 13.5. The van der Waals surface area contributed by atoms with Gasteiger partial charge in [0.05, 0.1) is 23.8 Å². The molecule has 2 aromatic heterocycles. The normalized spacial score (nSPS) is 13.6. The maximum Gasteiger partial charge on any atom is 0.278 e. The average molecular weight is 329 g/mol. The summed E-state index contributed by atoms with van der Waals surface area (Å²) < 4.78 is 1.40. The maximum atomic E-state index is 12.5. The Hall–Kier alpha value is -2.97. The lowest BCUT2D eigenvalue weighted by atomic mass is 10.2. The minimum absolute atomic E-state index is 0.0559. The lowest BCUT2D eigenvalue weighted by Crippen LogP contribution is -2.27. The quantitative estimate of drug-likeness (QED) is 0.740. The highest BCUT2D eigenvalue weighted by Crippen LogP contribution is 2.38. The SMILES string of the molecule is CCNC(=O)c1c(NC(=O)c2nc(C3CC3)cnc2N)cnn1C. The number of anilines is 2. The zero-order valence-corrected chi connectivity index (χ0v) is 13.5. The molecule has 0 saturated heterocycles. The van der Waals surface area contributed by atoms with Crippen LogP contribution in [0.2, 0.25) is 0 Å². The fourth-order valence-electron chi connectivity index (χ4n) is 2.38. The van der Waals surface area contributed by atoms with E-state index in [0.717, 1.165) is 18.5 Å². The first-order valence-corrected chi connectivity index (χ1v) is 7.75. The Morgan fingerprint density at radius 3 is 2.75 bits per heavy atom. The number of nitrogens with zero attached hydrogens (tertiary/aromatic N) is 4. The van der Waals surface area contributed by atoms with Crippen LogP contribution in [0.4, 0.5) is 11.5 Å². The Morgan fingerprint density at radius 2 is 2.08 bits per heavy atom. The van der Waals surface area contributed by atoms with Gasteiger partial charge in [-0.25, -0.2) is 9.97 Å². The summed E-state index contributed by atoms with van der Waals surface area (Å²) in [5.41, 5.74) is 7.17. The van der Waals surface area contributed by atoms with Crippen molar-refractivity contribution >= 4 is 23.3 Å². The van der Waals surface area contributed by atoms with Crippen LogP contribution in [0.15, 0.2) is 12.4 Å². The van der Waals surface area contributed by atoms with Gasteiger partial charge in [-0.1, -0.05) is 0 Å². The highest BCUT2D eigenvalue weighted by atomic mass is 16.2. The molecule has 126 valence electrons. The number of hydrogen-bond acceptors (Lipinski definition) is 6. The molecular formula is C15H19N7O2. The highest BCUT2D eigenvalue weighted by Gasteiger charge is 2.27. The standard InChI is InChI=1S/C15H19N7O2/c1-3-17-15(24)12-10(7-19-22(12)2)21-14(23)11-13(16)18-6-9(20-11)8-4-5-8/h6-8H,3-5H2,1-2H3,(H2,16,18)(H,17,24)(H,21,23). The molecule has 1 fully saturated rings. The van der Waals surface area contributed by atoms with Crippen LogP contribution in [0.1, 0.15) is 52.4 Å². The average Bonchev–Trinajstić information content (AvgIpc) is 3.32. The van der Waals surface area contributed by atoms with E-state index in [0.29, 0.717) is 18.2 Å². The van der Waals surface area contributed by atoms with E-state index in [1.807, 2.05) is 6.92 Å². The summed E-state index contributed by atoms with van der Waals surface area (Å²) >= 11 is 0. The van der Waals surface area contributed by atoms with Gasteiger partial charge in [0.15, 0.2) is 11.5 Å². The van der Waals surface area contributed by atoms with Crippen LogP contribution in [-0.2, 0) is 7.05 Å². The molecule has 1 saturated carbocycles. The first-order chi connectivity index (χ1) is 11.5. The second kappa shape index (κ2) is 6.26. The van der Waals surface area contributed by atoms with Gasteiger partial charge in [-0.3, -0.25) is 14.3 Å². The van der Waals surface area contributed by atoms with E-state index in [1.54, 1.807) is 13.2 Å². The molecule has 0 aromatic carbocycles. The second-order valence-electron chi connectivity index (χ2n) is 5.65. The number of nitrogens with two attached hydrogens (primary N) is 1. The van der Waals surface area contributed by atoms with Crippen LogP contribution in [0.5, 0.6) is 0 Å². The molecule has 0 unspecified atom stereocenters. The summed E-state index contributed by atoms with van der Waals surface area (Å²) in [4.78, 5) is 33.0. The van der Waals surface area contributed by atoms with Gasteiger partial charge in [-0.15, -0.1) is 0 Å². The molecule has 4 N–H and O–H groups in total. The first kappa shape index (κ1) is 15.9. The lowest BCUT2D eigenvalue weighted by molar-refractivity contribution is 0.0947. The zero-order chi connectivity index (χ0) is 17.3. The molecule has 3 rings (SSSR count). The number of nitrogen functional groups attached to an aromatic ring is 1. The lowest BCUT2D eigenvalue weighted by Gasteiger charge is -2.09. The van der Waals surface area contributed by atoms with Gasteiger partial charge < -0.3 is 16.4 Å². The van der Waals surface area contributed by atoms with E-state index in [-0.39, 0.29) is 23.1 Å². The summed E-state index contributed by atoms with van der Waals surface area (Å²) in [5.74, 6) is -0.422. The van der Waals surface area contributed by atoms with Gasteiger partial charge >= 0.3 is 0 Å². The number of rotatable bonds is 5. The third-order valence-corrected chi connectivity index (χ3v) is 3.77. The number of aromatic nitrogens is 4. The van der Waals surface area contributed by atoms with Crippen LogP contribution in [0, 0.1) is 0 Å². The monoisotopic (exact) mass is 329 g/mol. The van der Waals surface area contributed by atoms with Gasteiger partial charge in [-0.2, -0.15) is 5.10 Å². The molecule has 2 amide bonds. The van der Waals surface area contributed by atoms with Crippen LogP contribution in [0.25, 0.3) is 0 Å². The molecule has 2 aromatic rings. The highest BCUT2D eigenvalue weighted by molar-refractivity contribution is 6.09. The Kier molecular flexibility index (Phi) is 4.15. The molecule has 9 heteroatoms. The summed E-state index contributed by atoms with van der Waals surface area (Å²) in [6, 6.07) is 0. The Bertz CT molecular complexity index is 795. The van der Waals surface area contributed by atoms with Gasteiger partial charge in [0.1, 0.15) is 5.69 Å². The third-order valence-electron chi connectivity index (χ3n) is 3.77. The van der Waals surface area contributed by atoms with E-state index < -0.39 is 5.91 Å². The molecule has 0 spiro atoms. The summed E-state index contributed by atoms with van der Waals surface area (Å²) in [6.45, 7) is 2.28. The van der Waals surface area contributed by atoms with Gasteiger partial charge in [0.2, 0.25) is 0 Å². The van der Waals surface area contributed by atoms with Crippen molar-refractivity contribution in [2.75, 3.05) is 17.6 Å². The predicted octanol–water partition coefficient (Wildman–Crippen LogP) is 0.672. The topological polar surface area (TPSA) is 128 Å². The molecule has 0 atom stereocenters. The van der Waals surface area contributed by atoms with Crippen LogP contribution >= 0.6 is 0 Å². The summed E-state index contributed by atoms with van der Waals surface area (Å²) in [7, 11) is 1.63. The molecule has 2 heterocycles. The van der Waals surface area contributed by atoms with Crippen molar-refractivity contribution < 1.29 is 9.59 Å². The Labute approximate surface area is 138 Å². The van der Waals surface area contributed by atoms with Crippen LogP contribution in [0.3, 0.4) is 0 Å². The Morgan fingerprint density at radius 1 is 1.33 bits per heavy atom. The van der Waals surface area contributed by atoms with Crippen molar-refractivity contribution in [3.05, 3.63) is 29.5 Å². The number of aryl methyl sites for hydroxylation is 1. The van der Waals surface area contributed by atoms with E-state index >= 15 is 0 Å². The fourth-order valence-corrected chi connectivity index (χ4v) is 2.38. The van der Waals surface area contributed by atoms with Crippen molar-refractivity contribution in [1.29, 1.82) is 0 Å². The summed E-state index contributed by atoms with van der Waals surface area (Å²) in [5, 5.41) is 9.35. The first-order valence-electron chi connectivity index (χ1n) is 7.75. The number of carbonyl (C=O) groups excluding carboxylic acids is 2. The maximum absolute atomic E-state index is 12.5. The van der Waals surface area contributed by atoms with Crippen LogP contribution < -0.4 is 16.4 Å². The largest absolute Gasteiger partial charge is 0.382 e. The van der Waals surface area contributed by atoms with Crippen molar-refractivity contribution in [1.82, 2.24) is 25.1 Å². The van der Waals surface area contributed by atoms with Crippen molar-refractivity contribution in [3.8, 4) is 0 Å². The minimum Gasteiger partial charge on any atom is -0.382 e. The van der Waals surface area contributed by atoms with Gasteiger partial charge in [0.25, 0.3) is 11.8 Å². The van der Waals surface area contributed by atoms with E-state index in [4.69, 9.17) is 5.73 Å². The predicted molar refractivity (Wildman–Crippen MR) is 87.6 cm³/mol. The molecule has 1 aliphatic rings. The molecule has 0 radical (unpaired) electrons. The summed E-state index contributed by atoms with van der Waals surface area (Å²) in [6.07, 6.45) is 5.11. The third kappa shape index (κ3) is 3.05. The molecule has 9 nitrogen and oxygen atoms in total. The minimum atomic E-state index is -0.513. The molecule has 1 aliphatic carbocycles. The van der Waals surface area contributed by atoms with Crippen molar-refractivity contribution in [2.45, 2.75) is 25.7 Å². The smallest absolute Gasteiger partial charge is 0.278 e. The number of hydrogen-bond donors (Lipinski definition) is 3. The number of nitrogens with one attached hydrogen (secondary N) is 2. The van der Waals surface area contributed by atoms with E-state index in [9.17, 15) is 9.59 Å². The molecule has 0 aliphatic heterocycles. The molecular weight excluding hydrogens is 310 g/mol. The van der Waals surface area contributed by atoms with Gasteiger partial charge in [-0.05, 0) is 19.8 Å². The number of amides is 2. The van der Waals surface area contributed by atoms with Gasteiger partial charge in [0, 0.05) is 19.5 Å². The van der Waals surface area contributed by atoms with E-state index in [2.05, 4.69) is 25.7 Å². The van der Waals surface area contributed by atoms with E-state index in [1.165, 1.54) is 10.9 Å². The van der Waals surface area contributed by atoms with Crippen molar-refractivity contribution in [3.63, 3.8) is 0 Å². The molecule has 0 bridgehead atoms. The fraction of sp³-hybridized carbons (Fsp3) is 0.400. The van der Waals surface area contributed by atoms with Crippen LogP contribution in [-0.4, -0.2) is 38.1 Å².